The van der Waals surface area contributed by atoms with E-state index in [0.29, 0.717) is 5.56 Å². The Bertz CT molecular complexity index is 659. The smallest absolute Gasteiger partial charge is 0.327 e. The average Bonchev–Trinajstić information content (AvgIpc) is 2.47. The Morgan fingerprint density at radius 1 is 1.09 bits per heavy atom. The van der Waals surface area contributed by atoms with Crippen LogP contribution in [0.1, 0.15) is 11.1 Å². The molecule has 0 aliphatic carbocycles. The second-order valence-electron chi connectivity index (χ2n) is 4.61. The van der Waals surface area contributed by atoms with Gasteiger partial charge in [0, 0.05) is 6.08 Å². The first-order chi connectivity index (χ1) is 10.6. The van der Waals surface area contributed by atoms with Gasteiger partial charge in [-0.1, -0.05) is 36.4 Å². The zero-order valence-electron chi connectivity index (χ0n) is 11.6. The lowest BCUT2D eigenvalue weighted by atomic mass is 10.1. The summed E-state index contributed by atoms with van der Waals surface area (Å²) < 4.78 is 33.0. The predicted octanol–water partition coefficient (Wildman–Crippen LogP) is 3.73. The third kappa shape index (κ3) is 4.41. The zero-order valence-corrected chi connectivity index (χ0v) is 11.6. The zero-order chi connectivity index (χ0) is 15.9. The van der Waals surface area contributed by atoms with Crippen molar-refractivity contribution in [1.82, 2.24) is 0 Å². The molecule has 5 heteroatoms. The SMILES string of the molecule is O=C(O)C=CCc1cc(F)c(OCc2ccccc2)c(F)c1. The van der Waals surface area contributed by atoms with E-state index < -0.39 is 23.4 Å². The van der Waals surface area contributed by atoms with Crippen LogP contribution in [-0.2, 0) is 17.8 Å². The van der Waals surface area contributed by atoms with Crippen LogP contribution in [0.3, 0.4) is 0 Å². The minimum Gasteiger partial charge on any atom is -0.483 e. The van der Waals surface area contributed by atoms with Crippen molar-refractivity contribution in [2.24, 2.45) is 0 Å². The Morgan fingerprint density at radius 2 is 1.73 bits per heavy atom. The van der Waals surface area contributed by atoms with Gasteiger partial charge in [0.05, 0.1) is 0 Å². The van der Waals surface area contributed by atoms with Crippen LogP contribution in [0, 0.1) is 11.6 Å². The Kier molecular flexibility index (Phi) is 5.25. The summed E-state index contributed by atoms with van der Waals surface area (Å²) in [5.41, 5.74) is 1.13. The summed E-state index contributed by atoms with van der Waals surface area (Å²) >= 11 is 0. The molecule has 0 saturated carbocycles. The summed E-state index contributed by atoms with van der Waals surface area (Å²) in [5.74, 6) is -3.16. The molecule has 0 saturated heterocycles. The molecule has 0 radical (unpaired) electrons. The van der Waals surface area contributed by atoms with Crippen LogP contribution < -0.4 is 4.74 Å². The number of carboxylic acid groups (broad SMARTS) is 1. The van der Waals surface area contributed by atoms with Crippen molar-refractivity contribution in [3.8, 4) is 5.75 Å². The molecule has 2 aromatic carbocycles. The summed E-state index contributed by atoms with van der Waals surface area (Å²) in [7, 11) is 0. The van der Waals surface area contributed by atoms with E-state index in [9.17, 15) is 13.6 Å². The van der Waals surface area contributed by atoms with Crippen LogP contribution in [0.15, 0.2) is 54.6 Å². The van der Waals surface area contributed by atoms with E-state index in [2.05, 4.69) is 0 Å². The minimum absolute atomic E-state index is 0.0624. The number of hydrogen-bond acceptors (Lipinski definition) is 2. The molecule has 0 fully saturated rings. The quantitative estimate of drug-likeness (QED) is 0.827. The molecule has 0 heterocycles. The molecule has 3 nitrogen and oxygen atoms in total. The van der Waals surface area contributed by atoms with E-state index in [1.165, 1.54) is 6.08 Å². The molecule has 0 aliphatic rings. The van der Waals surface area contributed by atoms with Gasteiger partial charge in [-0.15, -0.1) is 0 Å². The van der Waals surface area contributed by atoms with E-state index in [-0.39, 0.29) is 13.0 Å². The van der Waals surface area contributed by atoms with Crippen molar-refractivity contribution in [2.45, 2.75) is 13.0 Å². The molecule has 0 atom stereocenters. The first kappa shape index (κ1) is 15.7. The number of carbonyl (C=O) groups is 1. The van der Waals surface area contributed by atoms with E-state index in [1.807, 2.05) is 18.2 Å². The van der Waals surface area contributed by atoms with Gasteiger partial charge in [-0.3, -0.25) is 0 Å². The third-order valence-electron chi connectivity index (χ3n) is 2.90. The van der Waals surface area contributed by atoms with Gasteiger partial charge in [-0.2, -0.15) is 0 Å². The maximum Gasteiger partial charge on any atom is 0.327 e. The van der Waals surface area contributed by atoms with Crippen LogP contribution in [0.5, 0.6) is 5.75 Å². The summed E-state index contributed by atoms with van der Waals surface area (Å²) in [6, 6.07) is 11.3. The Hall–Kier alpha value is -2.69. The number of aliphatic carboxylic acids is 1. The molecular weight excluding hydrogens is 290 g/mol. The highest BCUT2D eigenvalue weighted by Gasteiger charge is 2.12. The van der Waals surface area contributed by atoms with Gasteiger partial charge in [0.1, 0.15) is 6.61 Å². The molecular formula is C17H14F2O3. The number of ether oxygens (including phenoxy) is 1. The minimum atomic E-state index is -1.11. The standard InChI is InChI=1S/C17H14F2O3/c18-14-9-13(7-4-8-16(20)21)10-15(19)17(14)22-11-12-5-2-1-3-6-12/h1-6,8-10H,7,11H2,(H,20,21). The van der Waals surface area contributed by atoms with Gasteiger partial charge in [0.15, 0.2) is 17.4 Å². The van der Waals surface area contributed by atoms with Crippen LogP contribution in [0.4, 0.5) is 8.78 Å². The van der Waals surface area contributed by atoms with Gasteiger partial charge < -0.3 is 9.84 Å². The van der Waals surface area contributed by atoms with Gasteiger partial charge >= 0.3 is 5.97 Å². The van der Waals surface area contributed by atoms with Crippen LogP contribution in [0.25, 0.3) is 0 Å². The summed E-state index contributed by atoms with van der Waals surface area (Å²) in [4.78, 5) is 10.3. The topological polar surface area (TPSA) is 46.5 Å². The summed E-state index contributed by atoms with van der Waals surface area (Å²) in [6.07, 6.45) is 2.37. The number of hydrogen-bond donors (Lipinski definition) is 1. The number of halogens is 2. The fourth-order valence-electron chi connectivity index (χ4n) is 1.89. The van der Waals surface area contributed by atoms with E-state index >= 15 is 0 Å². The van der Waals surface area contributed by atoms with Crippen molar-refractivity contribution >= 4 is 5.97 Å². The summed E-state index contributed by atoms with van der Waals surface area (Å²) in [6.45, 7) is 0.0624. The van der Waals surface area contributed by atoms with Gasteiger partial charge in [-0.25, -0.2) is 13.6 Å². The van der Waals surface area contributed by atoms with Gasteiger partial charge in [-0.05, 0) is 29.7 Å². The molecule has 0 bridgehead atoms. The number of rotatable bonds is 6. The number of carboxylic acids is 1. The van der Waals surface area contributed by atoms with Crippen LogP contribution >= 0.6 is 0 Å². The number of allylic oxidation sites excluding steroid dienone is 1. The van der Waals surface area contributed by atoms with Crippen LogP contribution in [-0.4, -0.2) is 11.1 Å². The molecule has 0 amide bonds. The van der Waals surface area contributed by atoms with E-state index in [1.54, 1.807) is 12.1 Å². The average molecular weight is 304 g/mol. The first-order valence-corrected chi connectivity index (χ1v) is 6.60. The largest absolute Gasteiger partial charge is 0.483 e. The molecule has 0 aromatic heterocycles. The fraction of sp³-hybridized carbons (Fsp3) is 0.118. The summed E-state index contributed by atoms with van der Waals surface area (Å²) in [5, 5.41) is 8.47. The molecule has 22 heavy (non-hydrogen) atoms. The lowest BCUT2D eigenvalue weighted by Gasteiger charge is -2.09. The van der Waals surface area contributed by atoms with Crippen molar-refractivity contribution in [3.63, 3.8) is 0 Å². The Labute approximate surface area is 126 Å². The van der Waals surface area contributed by atoms with Crippen molar-refractivity contribution < 1.29 is 23.4 Å². The molecule has 0 aliphatic heterocycles. The van der Waals surface area contributed by atoms with Crippen molar-refractivity contribution in [2.75, 3.05) is 0 Å². The number of benzene rings is 2. The van der Waals surface area contributed by atoms with E-state index in [0.717, 1.165) is 23.8 Å². The fourth-order valence-corrected chi connectivity index (χ4v) is 1.89. The Balaban J connectivity index is 2.08. The Morgan fingerprint density at radius 3 is 2.32 bits per heavy atom. The van der Waals surface area contributed by atoms with Gasteiger partial charge in [0.2, 0.25) is 0 Å². The lowest BCUT2D eigenvalue weighted by Crippen LogP contribution is -2.01. The highest BCUT2D eigenvalue weighted by atomic mass is 19.1. The highest BCUT2D eigenvalue weighted by Crippen LogP contribution is 2.24. The second-order valence-corrected chi connectivity index (χ2v) is 4.61. The maximum atomic E-state index is 13.9. The third-order valence-corrected chi connectivity index (χ3v) is 2.90. The van der Waals surface area contributed by atoms with E-state index in [4.69, 9.17) is 9.84 Å². The molecule has 2 aromatic rings. The molecule has 0 spiro atoms. The predicted molar refractivity (Wildman–Crippen MR) is 77.6 cm³/mol. The molecule has 0 unspecified atom stereocenters. The molecule has 1 N–H and O–H groups in total. The normalized spacial score (nSPS) is 10.8. The highest BCUT2D eigenvalue weighted by molar-refractivity contribution is 5.79. The monoisotopic (exact) mass is 304 g/mol. The van der Waals surface area contributed by atoms with Crippen LogP contribution in [0.2, 0.25) is 0 Å². The first-order valence-electron chi connectivity index (χ1n) is 6.60. The molecule has 2 rings (SSSR count). The maximum absolute atomic E-state index is 13.9. The lowest BCUT2D eigenvalue weighted by molar-refractivity contribution is -0.131. The van der Waals surface area contributed by atoms with Gasteiger partial charge in [0.25, 0.3) is 0 Å². The molecule has 114 valence electrons. The van der Waals surface area contributed by atoms with Crippen molar-refractivity contribution in [1.29, 1.82) is 0 Å². The van der Waals surface area contributed by atoms with Crippen molar-refractivity contribution in [3.05, 3.63) is 77.4 Å². The second kappa shape index (κ2) is 7.36.